The molecule has 0 spiro atoms. The quantitative estimate of drug-likeness (QED) is 0.419. The van der Waals surface area contributed by atoms with Crippen LogP contribution in [0.1, 0.15) is 43.2 Å². The molecule has 1 saturated heterocycles. The number of fused-ring (bicyclic) bond motifs is 2. The number of rotatable bonds is 12. The van der Waals surface area contributed by atoms with Crippen LogP contribution in [0, 0.1) is 5.92 Å². The standard InChI is InChI=1S/C29H37N3O7/c1-2-3-12-31(13-11-30)26(33)16-32-15-21(20-8-10-23-25(14-20)38-17-36-23)27(29(34)35)22(32)9-7-19-5-4-6-24-28(19)39-18-37-24/h4-6,8,10,14,21-22,27H,2-3,7,9,11-13,15-18,30H2,1H3,(H,34,35)/t21-,22+,27-/m1/s1. The van der Waals surface area contributed by atoms with Gasteiger partial charge in [0, 0.05) is 38.1 Å². The molecule has 0 aliphatic carbocycles. The first-order valence-electron chi connectivity index (χ1n) is 13.7. The number of likely N-dealkylation sites (tertiary alicyclic amines) is 1. The zero-order valence-electron chi connectivity index (χ0n) is 22.3. The van der Waals surface area contributed by atoms with Crippen LogP contribution < -0.4 is 24.7 Å². The normalized spacial score (nSPS) is 21.3. The van der Waals surface area contributed by atoms with Crippen molar-refractivity contribution in [3.63, 3.8) is 0 Å². The van der Waals surface area contributed by atoms with Crippen molar-refractivity contribution in [1.82, 2.24) is 9.80 Å². The van der Waals surface area contributed by atoms with Gasteiger partial charge >= 0.3 is 5.97 Å². The summed E-state index contributed by atoms with van der Waals surface area (Å²) in [6.45, 7) is 4.52. The summed E-state index contributed by atoms with van der Waals surface area (Å²) in [7, 11) is 0. The Bertz CT molecular complexity index is 1190. The fourth-order valence-corrected chi connectivity index (χ4v) is 5.96. The first-order valence-corrected chi connectivity index (χ1v) is 13.7. The highest BCUT2D eigenvalue weighted by Gasteiger charge is 2.47. The number of carboxylic acid groups (broad SMARTS) is 1. The maximum atomic E-state index is 13.4. The molecule has 0 aromatic heterocycles. The van der Waals surface area contributed by atoms with Gasteiger partial charge in [-0.15, -0.1) is 0 Å². The molecule has 0 saturated carbocycles. The van der Waals surface area contributed by atoms with Crippen molar-refractivity contribution >= 4 is 11.9 Å². The van der Waals surface area contributed by atoms with E-state index >= 15 is 0 Å². The number of amides is 1. The lowest BCUT2D eigenvalue weighted by atomic mass is 9.83. The van der Waals surface area contributed by atoms with Gasteiger partial charge in [-0.05, 0) is 48.6 Å². The number of carbonyl (C=O) groups excluding carboxylic acids is 1. The van der Waals surface area contributed by atoms with Gasteiger partial charge in [0.05, 0.1) is 12.5 Å². The van der Waals surface area contributed by atoms with Crippen LogP contribution in [0.15, 0.2) is 36.4 Å². The van der Waals surface area contributed by atoms with E-state index in [9.17, 15) is 14.7 Å². The molecule has 10 nitrogen and oxygen atoms in total. The fourth-order valence-electron chi connectivity index (χ4n) is 5.96. The highest BCUT2D eigenvalue weighted by atomic mass is 16.7. The van der Waals surface area contributed by atoms with E-state index in [1.54, 1.807) is 4.90 Å². The molecule has 210 valence electrons. The second-order valence-electron chi connectivity index (χ2n) is 10.3. The van der Waals surface area contributed by atoms with Crippen LogP contribution in [0.3, 0.4) is 0 Å². The second kappa shape index (κ2) is 12.1. The van der Waals surface area contributed by atoms with Gasteiger partial charge in [0.2, 0.25) is 19.5 Å². The molecule has 3 aliphatic heterocycles. The number of unbranched alkanes of at least 4 members (excludes halogenated alkanes) is 1. The maximum Gasteiger partial charge on any atom is 0.308 e. The average molecular weight is 540 g/mol. The molecule has 3 heterocycles. The van der Waals surface area contributed by atoms with Crippen LogP contribution in [0.25, 0.3) is 0 Å². The Morgan fingerprint density at radius 1 is 1.05 bits per heavy atom. The maximum absolute atomic E-state index is 13.4. The van der Waals surface area contributed by atoms with E-state index in [4.69, 9.17) is 24.7 Å². The summed E-state index contributed by atoms with van der Waals surface area (Å²) in [5.41, 5.74) is 7.65. The third-order valence-electron chi connectivity index (χ3n) is 7.92. The molecule has 1 fully saturated rings. The van der Waals surface area contributed by atoms with Crippen molar-refractivity contribution in [2.45, 2.75) is 44.6 Å². The van der Waals surface area contributed by atoms with Gasteiger partial charge in [-0.25, -0.2) is 0 Å². The zero-order chi connectivity index (χ0) is 27.4. The number of aryl methyl sites for hydroxylation is 1. The van der Waals surface area contributed by atoms with E-state index in [0.717, 1.165) is 24.0 Å². The Hall–Kier alpha value is -3.50. The van der Waals surface area contributed by atoms with Crippen LogP contribution >= 0.6 is 0 Å². The molecule has 2 aromatic carbocycles. The van der Waals surface area contributed by atoms with E-state index in [1.807, 2.05) is 41.3 Å². The minimum Gasteiger partial charge on any atom is -0.481 e. The van der Waals surface area contributed by atoms with Crippen molar-refractivity contribution in [2.75, 3.05) is 46.3 Å². The van der Waals surface area contributed by atoms with Crippen LogP contribution in [0.2, 0.25) is 0 Å². The van der Waals surface area contributed by atoms with Gasteiger partial charge in [-0.2, -0.15) is 0 Å². The molecular formula is C29H37N3O7. The van der Waals surface area contributed by atoms with Gasteiger partial charge in [-0.3, -0.25) is 14.5 Å². The van der Waals surface area contributed by atoms with Crippen LogP contribution in [0.5, 0.6) is 23.0 Å². The van der Waals surface area contributed by atoms with Gasteiger partial charge in [0.25, 0.3) is 0 Å². The predicted molar refractivity (Wildman–Crippen MR) is 143 cm³/mol. The van der Waals surface area contributed by atoms with Gasteiger partial charge < -0.3 is 34.7 Å². The highest BCUT2D eigenvalue weighted by Crippen LogP contribution is 2.44. The Labute approximate surface area is 228 Å². The lowest BCUT2D eigenvalue weighted by molar-refractivity contribution is -0.143. The smallest absolute Gasteiger partial charge is 0.308 e. The summed E-state index contributed by atoms with van der Waals surface area (Å²) < 4.78 is 22.3. The molecule has 0 unspecified atom stereocenters. The summed E-state index contributed by atoms with van der Waals surface area (Å²) in [6.07, 6.45) is 3.02. The molecule has 1 amide bonds. The Balaban J connectivity index is 1.42. The van der Waals surface area contributed by atoms with E-state index in [-0.39, 0.29) is 38.0 Å². The summed E-state index contributed by atoms with van der Waals surface area (Å²) in [4.78, 5) is 30.1. The molecule has 0 radical (unpaired) electrons. The van der Waals surface area contributed by atoms with Gasteiger partial charge in [0.15, 0.2) is 23.0 Å². The predicted octanol–water partition coefficient (Wildman–Crippen LogP) is 2.83. The topological polar surface area (TPSA) is 124 Å². The molecule has 10 heteroatoms. The van der Waals surface area contributed by atoms with Crippen molar-refractivity contribution in [2.24, 2.45) is 11.7 Å². The minimum absolute atomic E-state index is 0.0216. The molecule has 3 N–H and O–H groups in total. The Morgan fingerprint density at radius 3 is 2.64 bits per heavy atom. The van der Waals surface area contributed by atoms with E-state index in [2.05, 4.69) is 6.92 Å². The molecule has 3 atom stereocenters. The largest absolute Gasteiger partial charge is 0.481 e. The number of carbonyl (C=O) groups is 2. The lowest BCUT2D eigenvalue weighted by Gasteiger charge is -2.29. The van der Waals surface area contributed by atoms with E-state index < -0.39 is 11.9 Å². The molecule has 39 heavy (non-hydrogen) atoms. The number of hydrogen-bond acceptors (Lipinski definition) is 8. The third-order valence-corrected chi connectivity index (χ3v) is 7.92. The molecule has 5 rings (SSSR count). The molecule has 3 aliphatic rings. The second-order valence-corrected chi connectivity index (χ2v) is 10.3. The summed E-state index contributed by atoms with van der Waals surface area (Å²) in [6, 6.07) is 11.0. The molecule has 2 aromatic rings. The highest BCUT2D eigenvalue weighted by molar-refractivity contribution is 5.79. The first-order chi connectivity index (χ1) is 19.0. The third kappa shape index (κ3) is 5.77. The number of nitrogens with two attached hydrogens (primary N) is 1. The Kier molecular flexibility index (Phi) is 8.42. The van der Waals surface area contributed by atoms with Crippen LogP contribution in [-0.4, -0.2) is 79.1 Å². The fraction of sp³-hybridized carbons (Fsp3) is 0.517. The molecule has 0 bridgehead atoms. The van der Waals surface area contributed by atoms with Crippen molar-refractivity contribution in [1.29, 1.82) is 0 Å². The summed E-state index contributed by atoms with van der Waals surface area (Å²) in [5, 5.41) is 10.5. The van der Waals surface area contributed by atoms with Crippen molar-refractivity contribution in [3.8, 4) is 23.0 Å². The van der Waals surface area contributed by atoms with E-state index in [0.29, 0.717) is 62.0 Å². The SMILES string of the molecule is CCCCN(CCN)C(=O)CN1C[C@H](c2ccc3c(c2)OCO3)[C@@H](C(=O)O)[C@@H]1CCc1cccc2c1OCO2. The van der Waals surface area contributed by atoms with Crippen molar-refractivity contribution in [3.05, 3.63) is 47.5 Å². The number of benzene rings is 2. The van der Waals surface area contributed by atoms with Gasteiger partial charge in [-0.1, -0.05) is 31.5 Å². The van der Waals surface area contributed by atoms with Crippen LogP contribution in [-0.2, 0) is 16.0 Å². The van der Waals surface area contributed by atoms with Gasteiger partial charge in [0.1, 0.15) is 0 Å². The molecular weight excluding hydrogens is 502 g/mol. The van der Waals surface area contributed by atoms with Crippen molar-refractivity contribution < 1.29 is 33.6 Å². The lowest BCUT2D eigenvalue weighted by Crippen LogP contribution is -2.45. The monoisotopic (exact) mass is 539 g/mol. The van der Waals surface area contributed by atoms with Crippen LogP contribution in [0.4, 0.5) is 0 Å². The summed E-state index contributed by atoms with van der Waals surface area (Å²) in [5.74, 6) is 0.777. The number of carboxylic acids is 1. The first kappa shape index (κ1) is 27.1. The average Bonchev–Trinajstić information content (AvgIpc) is 3.68. The number of ether oxygens (including phenoxy) is 4. The Morgan fingerprint density at radius 2 is 1.85 bits per heavy atom. The minimum atomic E-state index is -0.875. The summed E-state index contributed by atoms with van der Waals surface area (Å²) >= 11 is 0. The van der Waals surface area contributed by atoms with E-state index in [1.165, 1.54) is 0 Å². The number of hydrogen-bond donors (Lipinski definition) is 2. The zero-order valence-corrected chi connectivity index (χ0v) is 22.3. The number of aliphatic carboxylic acids is 1. The number of nitrogens with zero attached hydrogens (tertiary/aromatic N) is 2. The number of para-hydroxylation sites is 1.